The largest absolute Gasteiger partial charge is 0.168 e. The quantitative estimate of drug-likeness (QED) is 0.445. The van der Waals surface area contributed by atoms with Crippen molar-refractivity contribution in [2.45, 2.75) is 76.9 Å². The van der Waals surface area contributed by atoms with Gasteiger partial charge < -0.3 is 0 Å². The van der Waals surface area contributed by atoms with Gasteiger partial charge in [-0.15, -0.1) is 0 Å². The zero-order valence-electron chi connectivity index (χ0n) is 11.7. The van der Waals surface area contributed by atoms with E-state index in [1.54, 1.807) is 0 Å². The molecule has 3 heteroatoms. The van der Waals surface area contributed by atoms with Crippen molar-refractivity contribution in [2.75, 3.05) is 0 Å². The van der Waals surface area contributed by atoms with Gasteiger partial charge in [0.1, 0.15) is 0 Å². The summed E-state index contributed by atoms with van der Waals surface area (Å²) in [6.45, 7) is 16.8. The molecule has 0 aliphatic rings. The molecule has 0 heterocycles. The van der Waals surface area contributed by atoms with Crippen molar-refractivity contribution in [1.82, 2.24) is 0 Å². The van der Waals surface area contributed by atoms with Crippen LogP contribution in [0.3, 0.4) is 0 Å². The highest BCUT2D eigenvalue weighted by molar-refractivity contribution is 7.24. The van der Waals surface area contributed by atoms with Gasteiger partial charge in [-0.2, -0.15) is 11.1 Å². The van der Waals surface area contributed by atoms with Gasteiger partial charge in [-0.1, -0.05) is 60.2 Å². The first kappa shape index (κ1) is 15.7. The normalized spacial score (nSPS) is 17.6. The summed E-state index contributed by atoms with van der Waals surface area (Å²) in [5.41, 5.74) is 1.37. The van der Waals surface area contributed by atoms with Crippen LogP contribution in [0, 0.1) is 0 Å². The SMILES string of the molecule is CCCC[Si](C)(Cl)C[Si](C)(C)C(C)(C)C. The lowest BCUT2D eigenvalue weighted by Crippen LogP contribution is -2.44. The molecule has 0 radical (unpaired) electrons. The summed E-state index contributed by atoms with van der Waals surface area (Å²) < 4.78 is 0. The van der Waals surface area contributed by atoms with E-state index in [1.165, 1.54) is 24.6 Å². The highest BCUT2D eigenvalue weighted by Crippen LogP contribution is 2.42. The van der Waals surface area contributed by atoms with E-state index in [-0.39, 0.29) is 0 Å². The van der Waals surface area contributed by atoms with Crippen molar-refractivity contribution in [1.29, 1.82) is 0 Å². The van der Waals surface area contributed by atoms with Crippen LogP contribution in [-0.2, 0) is 0 Å². The molecule has 0 spiro atoms. The lowest BCUT2D eigenvalue weighted by atomic mass is 10.2. The Morgan fingerprint density at radius 1 is 1.07 bits per heavy atom. The highest BCUT2D eigenvalue weighted by Gasteiger charge is 2.41. The number of rotatable bonds is 5. The molecule has 92 valence electrons. The Kier molecular flexibility index (Phi) is 5.63. The minimum Gasteiger partial charge on any atom is -0.168 e. The van der Waals surface area contributed by atoms with Gasteiger partial charge in [0.2, 0.25) is 0 Å². The van der Waals surface area contributed by atoms with Crippen LogP contribution in [0.4, 0.5) is 0 Å². The van der Waals surface area contributed by atoms with Gasteiger partial charge in [-0.3, -0.25) is 0 Å². The van der Waals surface area contributed by atoms with Gasteiger partial charge in [-0.25, -0.2) is 0 Å². The van der Waals surface area contributed by atoms with Crippen LogP contribution >= 0.6 is 11.1 Å². The van der Waals surface area contributed by atoms with Crippen LogP contribution in [0.5, 0.6) is 0 Å². The van der Waals surface area contributed by atoms with Crippen LogP contribution in [0.25, 0.3) is 0 Å². The fourth-order valence-corrected chi connectivity index (χ4v) is 16.5. The van der Waals surface area contributed by atoms with E-state index < -0.39 is 15.5 Å². The highest BCUT2D eigenvalue weighted by atomic mass is 35.6. The summed E-state index contributed by atoms with van der Waals surface area (Å²) in [7, 11) is -2.60. The third-order valence-corrected chi connectivity index (χ3v) is 17.6. The predicted octanol–water partition coefficient (Wildman–Crippen LogP) is 5.65. The molecular weight excluding hydrogens is 236 g/mol. The van der Waals surface area contributed by atoms with Crippen molar-refractivity contribution in [3.63, 3.8) is 0 Å². The van der Waals surface area contributed by atoms with Gasteiger partial charge in [-0.05, 0) is 16.7 Å². The van der Waals surface area contributed by atoms with Gasteiger partial charge in [0, 0.05) is 0 Å². The van der Waals surface area contributed by atoms with Crippen LogP contribution < -0.4 is 0 Å². The molecule has 0 aromatic carbocycles. The zero-order valence-corrected chi connectivity index (χ0v) is 14.5. The van der Waals surface area contributed by atoms with Gasteiger partial charge >= 0.3 is 0 Å². The average Bonchev–Trinajstić information content (AvgIpc) is 1.96. The fourth-order valence-electron chi connectivity index (χ4n) is 1.82. The molecule has 0 rings (SSSR count). The van der Waals surface area contributed by atoms with Crippen molar-refractivity contribution >= 4 is 26.5 Å². The van der Waals surface area contributed by atoms with Crippen LogP contribution in [0.1, 0.15) is 40.5 Å². The standard InChI is InChI=1S/C12H29ClSi2/c1-8-9-10-15(7,13)11-14(5,6)12(2,3)4/h8-11H2,1-7H3. The molecule has 0 saturated heterocycles. The second kappa shape index (κ2) is 5.37. The molecule has 0 aliphatic heterocycles. The summed E-state index contributed by atoms with van der Waals surface area (Å²) >= 11 is 6.78. The Bertz CT molecular complexity index is 192. The van der Waals surface area contributed by atoms with E-state index >= 15 is 0 Å². The maximum Gasteiger partial charge on any atom is 0.151 e. The summed E-state index contributed by atoms with van der Waals surface area (Å²) in [4.78, 5) is 0. The van der Waals surface area contributed by atoms with Crippen LogP contribution in [0.2, 0.25) is 36.4 Å². The van der Waals surface area contributed by atoms with Gasteiger partial charge in [0.05, 0.1) is 8.07 Å². The molecule has 0 aliphatic carbocycles. The summed E-state index contributed by atoms with van der Waals surface area (Å²) in [5, 5.41) is 0.488. The number of hydrogen-bond donors (Lipinski definition) is 0. The lowest BCUT2D eigenvalue weighted by Gasteiger charge is -2.40. The molecule has 1 atom stereocenters. The van der Waals surface area contributed by atoms with Crippen molar-refractivity contribution in [2.24, 2.45) is 0 Å². The monoisotopic (exact) mass is 264 g/mol. The zero-order chi connectivity index (χ0) is 12.3. The maximum absolute atomic E-state index is 6.78. The van der Waals surface area contributed by atoms with E-state index in [1.807, 2.05) is 0 Å². The molecule has 0 N–H and O–H groups in total. The van der Waals surface area contributed by atoms with E-state index in [2.05, 4.69) is 47.3 Å². The number of hydrogen-bond acceptors (Lipinski definition) is 0. The molecule has 0 aromatic rings. The minimum absolute atomic E-state index is 0.488. The molecule has 0 saturated carbocycles. The Morgan fingerprint density at radius 3 is 1.87 bits per heavy atom. The Balaban J connectivity index is 4.43. The van der Waals surface area contributed by atoms with Crippen molar-refractivity contribution < 1.29 is 0 Å². The predicted molar refractivity (Wildman–Crippen MR) is 79.2 cm³/mol. The molecular formula is C12H29ClSi2. The smallest absolute Gasteiger partial charge is 0.151 e. The Hall–Kier alpha value is 0.724. The molecule has 15 heavy (non-hydrogen) atoms. The fraction of sp³-hybridized carbons (Fsp3) is 1.00. The molecule has 0 amide bonds. The molecule has 0 aromatic heterocycles. The number of unbranched alkanes of at least 4 members (excludes halogenated alkanes) is 1. The van der Waals surface area contributed by atoms with E-state index in [0.29, 0.717) is 5.04 Å². The molecule has 0 nitrogen and oxygen atoms in total. The van der Waals surface area contributed by atoms with Crippen LogP contribution in [0.15, 0.2) is 0 Å². The summed E-state index contributed by atoms with van der Waals surface area (Å²) in [6, 6.07) is 1.30. The first-order valence-electron chi connectivity index (χ1n) is 6.21. The summed E-state index contributed by atoms with van der Waals surface area (Å²) in [6.07, 6.45) is 2.60. The summed E-state index contributed by atoms with van der Waals surface area (Å²) in [5.74, 6) is 0. The Morgan fingerprint density at radius 2 is 1.53 bits per heavy atom. The third kappa shape index (κ3) is 5.55. The van der Waals surface area contributed by atoms with E-state index in [9.17, 15) is 0 Å². The van der Waals surface area contributed by atoms with Crippen molar-refractivity contribution in [3.05, 3.63) is 0 Å². The van der Waals surface area contributed by atoms with Gasteiger partial charge in [0.25, 0.3) is 0 Å². The van der Waals surface area contributed by atoms with Crippen LogP contribution in [-0.4, -0.2) is 15.5 Å². The molecule has 1 unspecified atom stereocenters. The lowest BCUT2D eigenvalue weighted by molar-refractivity contribution is 0.720. The second-order valence-corrected chi connectivity index (χ2v) is 19.6. The first-order valence-corrected chi connectivity index (χ1v) is 13.3. The maximum atomic E-state index is 6.78. The second-order valence-electron chi connectivity index (χ2n) is 6.83. The third-order valence-electron chi connectivity index (χ3n) is 3.89. The average molecular weight is 265 g/mol. The van der Waals surface area contributed by atoms with Crippen molar-refractivity contribution in [3.8, 4) is 0 Å². The molecule has 0 bridgehead atoms. The van der Waals surface area contributed by atoms with E-state index in [0.717, 1.165) is 0 Å². The first-order chi connectivity index (χ1) is 6.52. The minimum atomic E-state index is -1.44. The van der Waals surface area contributed by atoms with E-state index in [4.69, 9.17) is 11.1 Å². The van der Waals surface area contributed by atoms with Gasteiger partial charge in [0.15, 0.2) is 7.38 Å². The topological polar surface area (TPSA) is 0 Å². The molecule has 0 fully saturated rings. The number of halogens is 1. The Labute approximate surface area is 104 Å².